The first-order valence-electron chi connectivity index (χ1n) is 6.61. The molecule has 4 nitrogen and oxygen atoms in total. The van der Waals surface area contributed by atoms with E-state index in [9.17, 15) is 5.11 Å². The predicted octanol–water partition coefficient (Wildman–Crippen LogP) is 1.68. The highest BCUT2D eigenvalue weighted by Crippen LogP contribution is 2.16. The zero-order chi connectivity index (χ0) is 14.3. The van der Waals surface area contributed by atoms with Gasteiger partial charge in [-0.3, -0.25) is 4.90 Å². The lowest BCUT2D eigenvalue weighted by Gasteiger charge is -2.28. The van der Waals surface area contributed by atoms with Crippen LogP contribution in [0.2, 0.25) is 0 Å². The van der Waals surface area contributed by atoms with Crippen LogP contribution in [-0.4, -0.2) is 40.9 Å². The molecular formula is C15H22N2O2. The Balaban J connectivity index is 2.64. The summed E-state index contributed by atoms with van der Waals surface area (Å²) in [6, 6.07) is 9.38. The zero-order valence-corrected chi connectivity index (χ0v) is 11.6. The van der Waals surface area contributed by atoms with Crippen LogP contribution in [-0.2, 0) is 0 Å². The van der Waals surface area contributed by atoms with Gasteiger partial charge in [-0.2, -0.15) is 5.26 Å². The minimum Gasteiger partial charge on any atom is -0.396 e. The van der Waals surface area contributed by atoms with E-state index in [0.717, 1.165) is 12.1 Å². The molecule has 0 saturated carbocycles. The van der Waals surface area contributed by atoms with Crippen LogP contribution in [0.5, 0.6) is 0 Å². The SMILES string of the molecule is CC(C)N(CCCO)CC(O)c1ccc(C#N)cc1. The highest BCUT2D eigenvalue weighted by Gasteiger charge is 2.15. The van der Waals surface area contributed by atoms with Crippen molar-refractivity contribution in [2.24, 2.45) is 0 Å². The fourth-order valence-electron chi connectivity index (χ4n) is 1.94. The highest BCUT2D eigenvalue weighted by atomic mass is 16.3. The van der Waals surface area contributed by atoms with Crippen molar-refractivity contribution in [2.45, 2.75) is 32.4 Å². The summed E-state index contributed by atoms with van der Waals surface area (Å²) in [5.41, 5.74) is 1.41. The molecule has 4 heteroatoms. The Morgan fingerprint density at radius 3 is 2.37 bits per heavy atom. The summed E-state index contributed by atoms with van der Waals surface area (Å²) in [5.74, 6) is 0. The maximum Gasteiger partial charge on any atom is 0.0991 e. The number of hydrogen-bond acceptors (Lipinski definition) is 4. The largest absolute Gasteiger partial charge is 0.396 e. The quantitative estimate of drug-likeness (QED) is 0.784. The number of nitrogens with zero attached hydrogens (tertiary/aromatic N) is 2. The van der Waals surface area contributed by atoms with E-state index in [1.807, 2.05) is 0 Å². The molecule has 1 aromatic rings. The molecule has 0 aliphatic rings. The Morgan fingerprint density at radius 2 is 1.89 bits per heavy atom. The Morgan fingerprint density at radius 1 is 1.26 bits per heavy atom. The molecule has 0 aliphatic carbocycles. The lowest BCUT2D eigenvalue weighted by molar-refractivity contribution is 0.0903. The molecule has 0 saturated heterocycles. The lowest BCUT2D eigenvalue weighted by Crippen LogP contribution is -2.35. The second-order valence-corrected chi connectivity index (χ2v) is 4.92. The van der Waals surface area contributed by atoms with E-state index in [2.05, 4.69) is 24.8 Å². The highest BCUT2D eigenvalue weighted by molar-refractivity contribution is 5.32. The molecule has 0 spiro atoms. The second kappa shape index (κ2) is 7.90. The monoisotopic (exact) mass is 262 g/mol. The van der Waals surface area contributed by atoms with Crippen LogP contribution in [0.15, 0.2) is 24.3 Å². The van der Waals surface area contributed by atoms with Gasteiger partial charge in [0.25, 0.3) is 0 Å². The van der Waals surface area contributed by atoms with Crippen molar-refractivity contribution in [3.05, 3.63) is 35.4 Å². The molecule has 0 heterocycles. The Kier molecular flexibility index (Phi) is 6.51. The van der Waals surface area contributed by atoms with E-state index in [1.54, 1.807) is 24.3 Å². The van der Waals surface area contributed by atoms with Gasteiger partial charge in [-0.15, -0.1) is 0 Å². The molecule has 0 radical (unpaired) electrons. The standard InChI is InChI=1S/C15H22N2O2/c1-12(2)17(8-3-9-18)11-15(19)14-6-4-13(10-16)5-7-14/h4-7,12,15,18-19H,3,8-9,11H2,1-2H3. The van der Waals surface area contributed by atoms with Gasteiger partial charge < -0.3 is 10.2 Å². The van der Waals surface area contributed by atoms with E-state index in [-0.39, 0.29) is 6.61 Å². The van der Waals surface area contributed by atoms with Crippen molar-refractivity contribution in [1.82, 2.24) is 4.90 Å². The summed E-state index contributed by atoms with van der Waals surface area (Å²) >= 11 is 0. The van der Waals surface area contributed by atoms with E-state index < -0.39 is 6.10 Å². The van der Waals surface area contributed by atoms with Gasteiger partial charge in [0.15, 0.2) is 0 Å². The van der Waals surface area contributed by atoms with Crippen LogP contribution < -0.4 is 0 Å². The Labute approximate surface area is 114 Å². The molecule has 0 aliphatic heterocycles. The van der Waals surface area contributed by atoms with Gasteiger partial charge in [0, 0.05) is 25.7 Å². The van der Waals surface area contributed by atoms with E-state index in [1.165, 1.54) is 0 Å². The van der Waals surface area contributed by atoms with Gasteiger partial charge in [0.2, 0.25) is 0 Å². The van der Waals surface area contributed by atoms with Gasteiger partial charge in [-0.1, -0.05) is 12.1 Å². The summed E-state index contributed by atoms with van der Waals surface area (Å²) in [4.78, 5) is 2.14. The van der Waals surface area contributed by atoms with Crippen LogP contribution in [0.3, 0.4) is 0 Å². The molecule has 0 aromatic heterocycles. The molecule has 1 aromatic carbocycles. The van der Waals surface area contributed by atoms with Gasteiger partial charge in [-0.05, 0) is 38.0 Å². The van der Waals surface area contributed by atoms with Crippen molar-refractivity contribution in [2.75, 3.05) is 19.7 Å². The minimum atomic E-state index is -0.575. The van der Waals surface area contributed by atoms with E-state index in [4.69, 9.17) is 10.4 Å². The molecule has 104 valence electrons. The fourth-order valence-corrected chi connectivity index (χ4v) is 1.94. The third-order valence-corrected chi connectivity index (χ3v) is 3.17. The van der Waals surface area contributed by atoms with Gasteiger partial charge >= 0.3 is 0 Å². The number of nitriles is 1. The average Bonchev–Trinajstić information content (AvgIpc) is 2.43. The number of aliphatic hydroxyl groups is 2. The van der Waals surface area contributed by atoms with Gasteiger partial charge in [-0.25, -0.2) is 0 Å². The topological polar surface area (TPSA) is 67.5 Å². The van der Waals surface area contributed by atoms with Crippen LogP contribution >= 0.6 is 0 Å². The van der Waals surface area contributed by atoms with Crippen LogP contribution in [0.25, 0.3) is 0 Å². The van der Waals surface area contributed by atoms with Crippen molar-refractivity contribution in [3.8, 4) is 6.07 Å². The van der Waals surface area contributed by atoms with Gasteiger partial charge in [0.1, 0.15) is 0 Å². The molecule has 2 N–H and O–H groups in total. The molecular weight excluding hydrogens is 240 g/mol. The predicted molar refractivity (Wildman–Crippen MR) is 74.5 cm³/mol. The first-order valence-corrected chi connectivity index (χ1v) is 6.61. The lowest BCUT2D eigenvalue weighted by atomic mass is 10.1. The van der Waals surface area contributed by atoms with Crippen molar-refractivity contribution < 1.29 is 10.2 Å². The van der Waals surface area contributed by atoms with E-state index in [0.29, 0.717) is 24.6 Å². The number of rotatable bonds is 7. The molecule has 19 heavy (non-hydrogen) atoms. The van der Waals surface area contributed by atoms with Crippen LogP contribution in [0.4, 0.5) is 0 Å². The molecule has 1 rings (SSSR count). The minimum absolute atomic E-state index is 0.163. The smallest absolute Gasteiger partial charge is 0.0991 e. The third kappa shape index (κ3) is 4.99. The summed E-state index contributed by atoms with van der Waals surface area (Å²) in [5, 5.41) is 27.8. The first kappa shape index (κ1) is 15.6. The normalized spacial score (nSPS) is 12.7. The fraction of sp³-hybridized carbons (Fsp3) is 0.533. The molecule has 0 amide bonds. The Hall–Kier alpha value is -1.41. The number of hydrogen-bond donors (Lipinski definition) is 2. The summed E-state index contributed by atoms with van der Waals surface area (Å²) in [7, 11) is 0. The van der Waals surface area contributed by atoms with Crippen LogP contribution in [0, 0.1) is 11.3 Å². The van der Waals surface area contributed by atoms with Crippen molar-refractivity contribution >= 4 is 0 Å². The molecule has 0 bridgehead atoms. The molecule has 1 unspecified atom stereocenters. The van der Waals surface area contributed by atoms with Crippen molar-refractivity contribution in [3.63, 3.8) is 0 Å². The molecule has 1 atom stereocenters. The van der Waals surface area contributed by atoms with E-state index >= 15 is 0 Å². The molecule has 0 fully saturated rings. The maximum absolute atomic E-state index is 10.2. The second-order valence-electron chi connectivity index (χ2n) is 4.92. The summed E-state index contributed by atoms with van der Waals surface area (Å²) < 4.78 is 0. The first-order chi connectivity index (χ1) is 9.08. The Bertz CT molecular complexity index is 409. The summed E-state index contributed by atoms with van der Waals surface area (Å²) in [6.45, 7) is 5.60. The van der Waals surface area contributed by atoms with Crippen LogP contribution in [0.1, 0.15) is 37.5 Å². The number of aliphatic hydroxyl groups excluding tert-OH is 2. The maximum atomic E-state index is 10.2. The third-order valence-electron chi connectivity index (χ3n) is 3.17. The van der Waals surface area contributed by atoms with Crippen molar-refractivity contribution in [1.29, 1.82) is 5.26 Å². The van der Waals surface area contributed by atoms with Gasteiger partial charge in [0.05, 0.1) is 17.7 Å². The summed E-state index contributed by atoms with van der Waals surface area (Å²) in [6.07, 6.45) is 0.131. The average molecular weight is 262 g/mol. The zero-order valence-electron chi connectivity index (χ0n) is 11.6. The number of benzene rings is 1.